The third kappa shape index (κ3) is 2.58. The highest BCUT2D eigenvalue weighted by molar-refractivity contribution is 5.50. The van der Waals surface area contributed by atoms with Gasteiger partial charge < -0.3 is 10.5 Å². The van der Waals surface area contributed by atoms with E-state index >= 15 is 0 Å². The normalized spacial score (nSPS) is 15.9. The molecular weight excluding hydrogens is 228 g/mol. The van der Waals surface area contributed by atoms with Crippen LogP contribution in [-0.4, -0.2) is 0 Å². The molecule has 0 spiro atoms. The Hall–Kier alpha value is -2.97. The molecule has 0 atom stereocenters. The Morgan fingerprint density at radius 3 is 2.39 bits per heavy atom. The number of nitrogens with zero attached hydrogens (tertiary/aromatic N) is 3. The summed E-state index contributed by atoms with van der Waals surface area (Å²) in [6.45, 7) is 3.36. The van der Waals surface area contributed by atoms with Gasteiger partial charge >= 0.3 is 0 Å². The molecule has 0 aromatic rings. The van der Waals surface area contributed by atoms with E-state index in [-0.39, 0.29) is 17.0 Å². The summed E-state index contributed by atoms with van der Waals surface area (Å²) in [4.78, 5) is 0. The largest absolute Gasteiger partial charge is 0.440 e. The van der Waals surface area contributed by atoms with E-state index in [4.69, 9.17) is 26.3 Å². The number of hydrogen-bond acceptors (Lipinski definition) is 5. The summed E-state index contributed by atoms with van der Waals surface area (Å²) >= 11 is 0. The Kier molecular flexibility index (Phi) is 3.92. The van der Waals surface area contributed by atoms with Crippen LogP contribution in [0, 0.1) is 34.0 Å². The fraction of sp³-hybridized carbons (Fsp3) is 0.154. The molecule has 0 unspecified atom stereocenters. The van der Waals surface area contributed by atoms with E-state index in [9.17, 15) is 0 Å². The highest BCUT2D eigenvalue weighted by Crippen LogP contribution is 2.23. The molecule has 1 aliphatic rings. The quantitative estimate of drug-likeness (QED) is 0.702. The van der Waals surface area contributed by atoms with E-state index in [2.05, 4.69) is 0 Å². The molecule has 0 fully saturated rings. The number of rotatable bonds is 1. The number of nitrogens with two attached hydrogens (primary N) is 1. The van der Waals surface area contributed by atoms with E-state index < -0.39 is 0 Å². The van der Waals surface area contributed by atoms with Gasteiger partial charge in [0.05, 0.1) is 0 Å². The zero-order valence-corrected chi connectivity index (χ0v) is 9.98. The van der Waals surface area contributed by atoms with Crippen molar-refractivity contribution in [1.82, 2.24) is 0 Å². The first-order valence-corrected chi connectivity index (χ1v) is 5.02. The van der Waals surface area contributed by atoms with Crippen LogP contribution in [0.15, 0.2) is 46.1 Å². The number of hydrogen-bond donors (Lipinski definition) is 1. The second-order valence-corrected chi connectivity index (χ2v) is 3.61. The third-order valence-corrected chi connectivity index (χ3v) is 2.32. The summed E-state index contributed by atoms with van der Waals surface area (Å²) in [6.07, 6.45) is 3.16. The second kappa shape index (κ2) is 5.39. The maximum Gasteiger partial charge on any atom is 0.209 e. The standard InChI is InChI=1S/C13H10N4O/c1-8(10(5-14)6-15)3-11-4-9(2)12(7-16)13(17)18-11/h3-4H,17H2,1-2H3/b11-3+. The predicted octanol–water partition coefficient (Wildman–Crippen LogP) is 1.90. The first-order chi connectivity index (χ1) is 8.53. The molecule has 1 aliphatic heterocycles. The number of nitriles is 3. The lowest BCUT2D eigenvalue weighted by molar-refractivity contribution is 0.307. The zero-order chi connectivity index (χ0) is 13.7. The van der Waals surface area contributed by atoms with Gasteiger partial charge in [0.15, 0.2) is 0 Å². The molecule has 5 nitrogen and oxygen atoms in total. The van der Waals surface area contributed by atoms with Gasteiger partial charge in [-0.2, -0.15) is 15.8 Å². The van der Waals surface area contributed by atoms with Gasteiger partial charge in [0, 0.05) is 0 Å². The summed E-state index contributed by atoms with van der Waals surface area (Å²) in [5.41, 5.74) is 7.04. The van der Waals surface area contributed by atoms with Crippen LogP contribution in [0.1, 0.15) is 13.8 Å². The zero-order valence-electron chi connectivity index (χ0n) is 9.98. The molecule has 18 heavy (non-hydrogen) atoms. The van der Waals surface area contributed by atoms with Gasteiger partial charge in [-0.05, 0) is 37.1 Å². The van der Waals surface area contributed by atoms with Crippen molar-refractivity contribution in [2.75, 3.05) is 0 Å². The Bertz CT molecular complexity index is 611. The van der Waals surface area contributed by atoms with Crippen molar-refractivity contribution in [3.8, 4) is 18.2 Å². The molecule has 5 heteroatoms. The highest BCUT2D eigenvalue weighted by Gasteiger charge is 2.15. The van der Waals surface area contributed by atoms with Crippen molar-refractivity contribution in [1.29, 1.82) is 15.8 Å². The van der Waals surface area contributed by atoms with Crippen molar-refractivity contribution in [3.05, 3.63) is 46.1 Å². The van der Waals surface area contributed by atoms with E-state index in [1.807, 2.05) is 6.07 Å². The van der Waals surface area contributed by atoms with Crippen molar-refractivity contribution >= 4 is 0 Å². The lowest BCUT2D eigenvalue weighted by Gasteiger charge is -2.15. The smallest absolute Gasteiger partial charge is 0.209 e. The molecule has 2 N–H and O–H groups in total. The summed E-state index contributed by atoms with van der Waals surface area (Å²) in [5.74, 6) is 0.413. The highest BCUT2D eigenvalue weighted by atomic mass is 16.5. The summed E-state index contributed by atoms with van der Waals surface area (Å²) < 4.78 is 5.24. The Morgan fingerprint density at radius 2 is 1.94 bits per heavy atom. The fourth-order valence-electron chi connectivity index (χ4n) is 1.39. The van der Waals surface area contributed by atoms with Crippen LogP contribution in [-0.2, 0) is 4.74 Å². The van der Waals surface area contributed by atoms with Gasteiger partial charge in [0.25, 0.3) is 0 Å². The maximum atomic E-state index is 8.84. The molecule has 0 aromatic carbocycles. The minimum absolute atomic E-state index is 0.00536. The van der Waals surface area contributed by atoms with E-state index in [0.717, 1.165) is 0 Å². The van der Waals surface area contributed by atoms with Crippen LogP contribution < -0.4 is 5.73 Å². The molecule has 1 heterocycles. The van der Waals surface area contributed by atoms with Crippen LogP contribution >= 0.6 is 0 Å². The van der Waals surface area contributed by atoms with Gasteiger partial charge in [-0.3, -0.25) is 0 Å². The van der Waals surface area contributed by atoms with Gasteiger partial charge in [-0.1, -0.05) is 0 Å². The van der Waals surface area contributed by atoms with Crippen molar-refractivity contribution in [3.63, 3.8) is 0 Å². The Labute approximate surface area is 105 Å². The molecule has 0 radical (unpaired) electrons. The molecule has 0 aliphatic carbocycles. The molecule has 88 valence electrons. The first-order valence-electron chi connectivity index (χ1n) is 5.02. The Balaban J connectivity index is 3.18. The lowest BCUT2D eigenvalue weighted by Crippen LogP contribution is -2.11. The van der Waals surface area contributed by atoms with Crippen LogP contribution in [0.5, 0.6) is 0 Å². The average molecular weight is 238 g/mol. The molecule has 0 aromatic heterocycles. The van der Waals surface area contributed by atoms with E-state index in [0.29, 0.717) is 16.9 Å². The third-order valence-electron chi connectivity index (χ3n) is 2.32. The maximum absolute atomic E-state index is 8.84. The molecular formula is C13H10N4O. The van der Waals surface area contributed by atoms with Gasteiger partial charge in [-0.15, -0.1) is 0 Å². The van der Waals surface area contributed by atoms with Gasteiger partial charge in [0.1, 0.15) is 35.1 Å². The van der Waals surface area contributed by atoms with Crippen molar-refractivity contribution in [2.24, 2.45) is 5.73 Å². The van der Waals surface area contributed by atoms with Gasteiger partial charge in [0.2, 0.25) is 5.88 Å². The monoisotopic (exact) mass is 238 g/mol. The van der Waals surface area contributed by atoms with Crippen LogP contribution in [0.4, 0.5) is 0 Å². The predicted molar refractivity (Wildman–Crippen MR) is 63.7 cm³/mol. The summed E-state index contributed by atoms with van der Waals surface area (Å²) in [6, 6.07) is 5.51. The second-order valence-electron chi connectivity index (χ2n) is 3.61. The van der Waals surface area contributed by atoms with Crippen LogP contribution in [0.3, 0.4) is 0 Å². The topological polar surface area (TPSA) is 107 Å². The SMILES string of the molecule is CC1=C/C(=C\C(C)=C(C#N)C#N)OC(N)=C1C#N. The fourth-order valence-corrected chi connectivity index (χ4v) is 1.39. The minimum Gasteiger partial charge on any atom is -0.440 e. The molecule has 0 bridgehead atoms. The molecule has 0 amide bonds. The Morgan fingerprint density at radius 1 is 1.33 bits per heavy atom. The van der Waals surface area contributed by atoms with E-state index in [1.165, 1.54) is 6.08 Å². The summed E-state index contributed by atoms with van der Waals surface area (Å²) in [7, 11) is 0. The summed E-state index contributed by atoms with van der Waals surface area (Å²) in [5, 5.41) is 26.3. The van der Waals surface area contributed by atoms with E-state index in [1.54, 1.807) is 32.1 Å². The number of ether oxygens (including phenoxy) is 1. The molecule has 1 rings (SSSR count). The molecule has 0 saturated heterocycles. The van der Waals surface area contributed by atoms with Crippen LogP contribution in [0.25, 0.3) is 0 Å². The average Bonchev–Trinajstić information content (AvgIpc) is 2.30. The van der Waals surface area contributed by atoms with Crippen molar-refractivity contribution in [2.45, 2.75) is 13.8 Å². The lowest BCUT2D eigenvalue weighted by atomic mass is 10.1. The van der Waals surface area contributed by atoms with Crippen LogP contribution in [0.2, 0.25) is 0 Å². The van der Waals surface area contributed by atoms with Gasteiger partial charge in [-0.25, -0.2) is 0 Å². The number of allylic oxidation sites excluding steroid dienone is 6. The molecule has 0 saturated carbocycles. The minimum atomic E-state index is 0.00536. The van der Waals surface area contributed by atoms with Crippen molar-refractivity contribution < 1.29 is 4.74 Å². The first kappa shape index (κ1) is 13.1.